The molecule has 0 amide bonds. The summed E-state index contributed by atoms with van der Waals surface area (Å²) < 4.78 is 0. The zero-order chi connectivity index (χ0) is 10.9. The maximum atomic E-state index is 9.24. The van der Waals surface area contributed by atoms with Crippen molar-refractivity contribution in [2.75, 3.05) is 18.0 Å². The summed E-state index contributed by atoms with van der Waals surface area (Å²) in [7, 11) is 0. The minimum atomic E-state index is 0.0695. The van der Waals surface area contributed by atoms with Crippen molar-refractivity contribution in [3.8, 4) is 0 Å². The number of anilines is 1. The lowest BCUT2D eigenvalue weighted by Gasteiger charge is -2.22. The van der Waals surface area contributed by atoms with Gasteiger partial charge in [-0.05, 0) is 17.9 Å². The first-order chi connectivity index (χ1) is 7.12. The summed E-state index contributed by atoms with van der Waals surface area (Å²) in [6.07, 6.45) is 2.98. The van der Waals surface area contributed by atoms with Gasteiger partial charge in [-0.3, -0.25) is 0 Å². The Kier molecular flexibility index (Phi) is 2.65. The van der Waals surface area contributed by atoms with E-state index in [1.165, 1.54) is 6.42 Å². The molecule has 3 nitrogen and oxygen atoms in total. The predicted molar refractivity (Wildman–Crippen MR) is 60.8 cm³/mol. The topological polar surface area (TPSA) is 36.4 Å². The highest BCUT2D eigenvalue weighted by Gasteiger charge is 2.30. The van der Waals surface area contributed by atoms with Crippen molar-refractivity contribution in [3.05, 3.63) is 23.9 Å². The predicted octanol–water partition coefficient (Wildman–Crippen LogP) is 1.81. The number of aliphatic hydroxyl groups excluding tert-OH is 1. The Balaban J connectivity index is 2.23. The smallest absolute Gasteiger partial charge is 0.134 e. The highest BCUT2D eigenvalue weighted by atomic mass is 16.3. The first-order valence-corrected chi connectivity index (χ1v) is 5.42. The second-order valence-electron chi connectivity index (χ2n) is 4.98. The van der Waals surface area contributed by atoms with E-state index in [-0.39, 0.29) is 6.61 Å². The second-order valence-corrected chi connectivity index (χ2v) is 4.98. The molecule has 0 aromatic carbocycles. The van der Waals surface area contributed by atoms with Crippen molar-refractivity contribution >= 4 is 5.82 Å². The third-order valence-electron chi connectivity index (χ3n) is 3.01. The summed E-state index contributed by atoms with van der Waals surface area (Å²) in [6, 6.07) is 3.81. The van der Waals surface area contributed by atoms with Crippen molar-refractivity contribution in [2.45, 2.75) is 26.9 Å². The monoisotopic (exact) mass is 206 g/mol. The number of aromatic nitrogens is 1. The fourth-order valence-corrected chi connectivity index (χ4v) is 2.13. The van der Waals surface area contributed by atoms with Gasteiger partial charge in [0.1, 0.15) is 5.82 Å². The molecular formula is C12H18N2O. The molecule has 0 bridgehead atoms. The van der Waals surface area contributed by atoms with Gasteiger partial charge in [0, 0.05) is 24.8 Å². The molecule has 1 aliphatic rings. The summed E-state index contributed by atoms with van der Waals surface area (Å²) in [4.78, 5) is 6.63. The maximum absolute atomic E-state index is 9.24. The molecule has 0 unspecified atom stereocenters. The van der Waals surface area contributed by atoms with Crippen molar-refractivity contribution in [1.82, 2.24) is 4.98 Å². The van der Waals surface area contributed by atoms with Gasteiger partial charge >= 0.3 is 0 Å². The molecule has 1 aromatic heterocycles. The fourth-order valence-electron chi connectivity index (χ4n) is 2.13. The normalized spacial score (nSPS) is 19.5. The van der Waals surface area contributed by atoms with Crippen LogP contribution in [0.1, 0.15) is 25.8 Å². The lowest BCUT2D eigenvalue weighted by molar-refractivity contribution is 0.281. The van der Waals surface area contributed by atoms with Crippen LogP contribution in [0.2, 0.25) is 0 Å². The molecule has 3 heteroatoms. The van der Waals surface area contributed by atoms with Crippen LogP contribution < -0.4 is 4.90 Å². The number of hydrogen-bond donors (Lipinski definition) is 1. The van der Waals surface area contributed by atoms with Crippen molar-refractivity contribution in [1.29, 1.82) is 0 Å². The van der Waals surface area contributed by atoms with Gasteiger partial charge in [0.15, 0.2) is 0 Å². The van der Waals surface area contributed by atoms with E-state index in [9.17, 15) is 5.11 Å². The third-order valence-corrected chi connectivity index (χ3v) is 3.01. The Morgan fingerprint density at radius 1 is 1.53 bits per heavy atom. The molecule has 15 heavy (non-hydrogen) atoms. The van der Waals surface area contributed by atoms with Gasteiger partial charge in [0.2, 0.25) is 0 Å². The molecule has 1 aliphatic heterocycles. The van der Waals surface area contributed by atoms with E-state index in [1.807, 2.05) is 12.1 Å². The van der Waals surface area contributed by atoms with Crippen LogP contribution >= 0.6 is 0 Å². The van der Waals surface area contributed by atoms with Gasteiger partial charge in [-0.1, -0.05) is 19.9 Å². The van der Waals surface area contributed by atoms with E-state index >= 15 is 0 Å². The van der Waals surface area contributed by atoms with Gasteiger partial charge < -0.3 is 10.0 Å². The van der Waals surface area contributed by atoms with E-state index in [1.54, 1.807) is 6.20 Å². The Labute approximate surface area is 90.8 Å². The summed E-state index contributed by atoms with van der Waals surface area (Å²) in [5.74, 6) is 0.950. The molecular weight excluding hydrogens is 188 g/mol. The quantitative estimate of drug-likeness (QED) is 0.801. The minimum Gasteiger partial charge on any atom is -0.392 e. The summed E-state index contributed by atoms with van der Waals surface area (Å²) in [6.45, 7) is 6.68. The summed E-state index contributed by atoms with van der Waals surface area (Å²) >= 11 is 0. The van der Waals surface area contributed by atoms with Crippen molar-refractivity contribution in [2.24, 2.45) is 5.41 Å². The number of rotatable bonds is 2. The van der Waals surface area contributed by atoms with Crippen molar-refractivity contribution in [3.63, 3.8) is 0 Å². The van der Waals surface area contributed by atoms with Crippen LogP contribution in [0.3, 0.4) is 0 Å². The zero-order valence-corrected chi connectivity index (χ0v) is 9.40. The summed E-state index contributed by atoms with van der Waals surface area (Å²) in [5, 5.41) is 9.24. The standard InChI is InChI=1S/C12H18N2O/c1-12(2)5-7-14(9-12)11-10(8-15)4-3-6-13-11/h3-4,6,15H,5,7-9H2,1-2H3. The van der Waals surface area contributed by atoms with Gasteiger partial charge in [0.05, 0.1) is 6.61 Å². The van der Waals surface area contributed by atoms with E-state index in [0.29, 0.717) is 5.41 Å². The molecule has 82 valence electrons. The average Bonchev–Trinajstić information content (AvgIpc) is 2.59. The lowest BCUT2D eigenvalue weighted by Crippen LogP contribution is -2.24. The Hall–Kier alpha value is -1.09. The van der Waals surface area contributed by atoms with Crippen LogP contribution in [0.25, 0.3) is 0 Å². The van der Waals surface area contributed by atoms with E-state index < -0.39 is 0 Å². The highest BCUT2D eigenvalue weighted by Crippen LogP contribution is 2.32. The van der Waals surface area contributed by atoms with Gasteiger partial charge in [-0.15, -0.1) is 0 Å². The third kappa shape index (κ3) is 2.12. The van der Waals surface area contributed by atoms with Crippen LogP contribution in [-0.2, 0) is 6.61 Å². The molecule has 0 spiro atoms. The highest BCUT2D eigenvalue weighted by molar-refractivity contribution is 5.47. The average molecular weight is 206 g/mol. The molecule has 2 heterocycles. The molecule has 0 saturated carbocycles. The molecule has 0 radical (unpaired) electrons. The van der Waals surface area contributed by atoms with Crippen LogP contribution in [0, 0.1) is 5.41 Å². The molecule has 1 saturated heterocycles. The second kappa shape index (κ2) is 3.81. The molecule has 0 aliphatic carbocycles. The first-order valence-electron chi connectivity index (χ1n) is 5.42. The molecule has 1 aromatic rings. The maximum Gasteiger partial charge on any atom is 0.134 e. The van der Waals surface area contributed by atoms with Crippen LogP contribution in [0.5, 0.6) is 0 Å². The van der Waals surface area contributed by atoms with Crippen LogP contribution in [0.15, 0.2) is 18.3 Å². The fraction of sp³-hybridized carbons (Fsp3) is 0.583. The van der Waals surface area contributed by atoms with Crippen LogP contribution in [-0.4, -0.2) is 23.2 Å². The molecule has 1 N–H and O–H groups in total. The Morgan fingerprint density at radius 2 is 2.33 bits per heavy atom. The first kappa shape index (κ1) is 10.4. The SMILES string of the molecule is CC1(C)CCN(c2ncccc2CO)C1. The zero-order valence-electron chi connectivity index (χ0n) is 9.40. The largest absolute Gasteiger partial charge is 0.392 e. The molecule has 1 fully saturated rings. The Morgan fingerprint density at radius 3 is 2.93 bits per heavy atom. The van der Waals surface area contributed by atoms with E-state index in [4.69, 9.17) is 0 Å². The number of hydrogen-bond acceptors (Lipinski definition) is 3. The molecule has 0 atom stereocenters. The van der Waals surface area contributed by atoms with Gasteiger partial charge in [0.25, 0.3) is 0 Å². The minimum absolute atomic E-state index is 0.0695. The number of nitrogens with zero attached hydrogens (tertiary/aromatic N) is 2. The number of pyridine rings is 1. The van der Waals surface area contributed by atoms with E-state index in [2.05, 4.69) is 23.7 Å². The van der Waals surface area contributed by atoms with Gasteiger partial charge in [-0.25, -0.2) is 4.98 Å². The molecule has 2 rings (SSSR count). The lowest BCUT2D eigenvalue weighted by atomic mass is 9.93. The summed E-state index contributed by atoms with van der Waals surface area (Å²) in [5.41, 5.74) is 1.29. The Bertz CT molecular complexity index is 349. The van der Waals surface area contributed by atoms with Gasteiger partial charge in [-0.2, -0.15) is 0 Å². The van der Waals surface area contributed by atoms with Crippen molar-refractivity contribution < 1.29 is 5.11 Å². The number of aliphatic hydroxyl groups is 1. The van der Waals surface area contributed by atoms with E-state index in [0.717, 1.165) is 24.5 Å². The van der Waals surface area contributed by atoms with Crippen LogP contribution in [0.4, 0.5) is 5.82 Å².